The molecule has 0 aliphatic rings. The molecule has 0 aliphatic heterocycles. The summed E-state index contributed by atoms with van der Waals surface area (Å²) in [5.74, 6) is 0. The molecule has 0 amide bonds. The van der Waals surface area contributed by atoms with E-state index in [-0.39, 0.29) is 0 Å². The first-order chi connectivity index (χ1) is 10.8. The molecule has 0 N–H and O–H groups in total. The third-order valence-electron chi connectivity index (χ3n) is 3.69. The van der Waals surface area contributed by atoms with Crippen molar-refractivity contribution in [2.24, 2.45) is 0 Å². The van der Waals surface area contributed by atoms with E-state index in [0.717, 1.165) is 5.69 Å². The Morgan fingerprint density at radius 3 is 2.00 bits per heavy atom. The summed E-state index contributed by atoms with van der Waals surface area (Å²) in [7, 11) is 0. The van der Waals surface area contributed by atoms with Crippen molar-refractivity contribution < 1.29 is 0 Å². The van der Waals surface area contributed by atoms with Crippen molar-refractivity contribution in [2.45, 2.75) is 19.9 Å². The Hall–Kier alpha value is -2.61. The van der Waals surface area contributed by atoms with E-state index in [4.69, 9.17) is 0 Å². The summed E-state index contributed by atoms with van der Waals surface area (Å²) in [5, 5.41) is 0. The molecule has 0 radical (unpaired) electrons. The predicted molar refractivity (Wildman–Crippen MR) is 93.4 cm³/mol. The van der Waals surface area contributed by atoms with Crippen LogP contribution in [0.2, 0.25) is 0 Å². The summed E-state index contributed by atoms with van der Waals surface area (Å²) in [6, 6.07) is 23.6. The number of pyridine rings is 1. The summed E-state index contributed by atoms with van der Waals surface area (Å²) in [4.78, 5) is 6.53. The first-order valence-electron chi connectivity index (χ1n) is 7.60. The molecule has 0 saturated heterocycles. The number of benzene rings is 2. The Morgan fingerprint density at radius 2 is 1.41 bits per heavy atom. The van der Waals surface area contributed by atoms with Crippen LogP contribution in [-0.4, -0.2) is 11.0 Å². The zero-order valence-corrected chi connectivity index (χ0v) is 13.0. The second kappa shape index (κ2) is 6.44. The monoisotopic (exact) mass is 288 g/mol. The highest BCUT2D eigenvalue weighted by molar-refractivity contribution is 5.69. The van der Waals surface area contributed by atoms with Gasteiger partial charge in [-0.1, -0.05) is 42.5 Å². The minimum atomic E-state index is 0.367. The van der Waals surface area contributed by atoms with E-state index in [9.17, 15) is 0 Å². The summed E-state index contributed by atoms with van der Waals surface area (Å²) in [6.07, 6.45) is 3.71. The van der Waals surface area contributed by atoms with E-state index in [0.29, 0.717) is 6.04 Å². The van der Waals surface area contributed by atoms with Gasteiger partial charge in [0.1, 0.15) is 0 Å². The second-order valence-corrected chi connectivity index (χ2v) is 5.59. The lowest BCUT2D eigenvalue weighted by Crippen LogP contribution is -2.25. The van der Waals surface area contributed by atoms with Crippen LogP contribution in [0.25, 0.3) is 11.1 Å². The molecule has 1 heterocycles. The SMILES string of the molecule is CC(C)N(c1ccc(-c2ccccc2)cc1)c1cccnc1. The van der Waals surface area contributed by atoms with Gasteiger partial charge in [-0.25, -0.2) is 0 Å². The molecule has 22 heavy (non-hydrogen) atoms. The number of nitrogens with zero attached hydrogens (tertiary/aromatic N) is 2. The number of rotatable bonds is 4. The summed E-state index contributed by atoms with van der Waals surface area (Å²) in [6.45, 7) is 4.39. The van der Waals surface area contributed by atoms with Crippen LogP contribution in [-0.2, 0) is 0 Å². The first kappa shape index (κ1) is 14.3. The van der Waals surface area contributed by atoms with Crippen LogP contribution in [0.4, 0.5) is 11.4 Å². The molecule has 2 heteroatoms. The van der Waals surface area contributed by atoms with Gasteiger partial charge >= 0.3 is 0 Å². The number of anilines is 2. The molecule has 1 aromatic heterocycles. The van der Waals surface area contributed by atoms with Crippen molar-refractivity contribution in [1.82, 2.24) is 4.98 Å². The quantitative estimate of drug-likeness (QED) is 0.648. The number of aromatic nitrogens is 1. The van der Waals surface area contributed by atoms with Crippen LogP contribution in [0.1, 0.15) is 13.8 Å². The topological polar surface area (TPSA) is 16.1 Å². The van der Waals surface area contributed by atoms with Crippen molar-refractivity contribution in [3.63, 3.8) is 0 Å². The maximum atomic E-state index is 4.24. The van der Waals surface area contributed by atoms with Gasteiger partial charge in [0.25, 0.3) is 0 Å². The lowest BCUT2D eigenvalue weighted by molar-refractivity contribution is 0.787. The number of hydrogen-bond donors (Lipinski definition) is 0. The van der Waals surface area contributed by atoms with Gasteiger partial charge in [0.2, 0.25) is 0 Å². The molecule has 110 valence electrons. The predicted octanol–water partition coefficient (Wildman–Crippen LogP) is 5.30. The second-order valence-electron chi connectivity index (χ2n) is 5.59. The fourth-order valence-corrected chi connectivity index (χ4v) is 2.69. The van der Waals surface area contributed by atoms with Crippen LogP contribution < -0.4 is 4.90 Å². The van der Waals surface area contributed by atoms with Crippen molar-refractivity contribution in [1.29, 1.82) is 0 Å². The van der Waals surface area contributed by atoms with Gasteiger partial charge in [-0.3, -0.25) is 4.98 Å². The van der Waals surface area contributed by atoms with Gasteiger partial charge < -0.3 is 4.90 Å². The van der Waals surface area contributed by atoms with E-state index < -0.39 is 0 Å². The van der Waals surface area contributed by atoms with Gasteiger partial charge in [-0.05, 0) is 49.2 Å². The molecule has 0 bridgehead atoms. The molecule has 0 spiro atoms. The Morgan fingerprint density at radius 1 is 0.727 bits per heavy atom. The molecule has 0 unspecified atom stereocenters. The Bertz CT molecular complexity index is 704. The number of hydrogen-bond acceptors (Lipinski definition) is 2. The van der Waals surface area contributed by atoms with E-state index in [1.54, 1.807) is 6.20 Å². The lowest BCUT2D eigenvalue weighted by Gasteiger charge is -2.29. The van der Waals surface area contributed by atoms with Crippen molar-refractivity contribution in [2.75, 3.05) is 4.90 Å². The zero-order chi connectivity index (χ0) is 15.4. The van der Waals surface area contributed by atoms with Gasteiger partial charge in [0.15, 0.2) is 0 Å². The summed E-state index contributed by atoms with van der Waals surface area (Å²) < 4.78 is 0. The van der Waals surface area contributed by atoms with Crippen molar-refractivity contribution in [3.05, 3.63) is 79.1 Å². The van der Waals surface area contributed by atoms with Gasteiger partial charge in [-0.15, -0.1) is 0 Å². The van der Waals surface area contributed by atoms with Crippen LogP contribution in [0.15, 0.2) is 79.1 Å². The van der Waals surface area contributed by atoms with E-state index in [1.165, 1.54) is 16.8 Å². The molecule has 0 saturated carbocycles. The third-order valence-corrected chi connectivity index (χ3v) is 3.69. The summed E-state index contributed by atoms with van der Waals surface area (Å²) in [5.41, 5.74) is 4.78. The fourth-order valence-electron chi connectivity index (χ4n) is 2.69. The molecule has 0 aliphatic carbocycles. The van der Waals surface area contributed by atoms with Crippen LogP contribution in [0, 0.1) is 0 Å². The average Bonchev–Trinajstić information content (AvgIpc) is 2.57. The minimum absolute atomic E-state index is 0.367. The molecule has 3 rings (SSSR count). The highest BCUT2D eigenvalue weighted by atomic mass is 15.2. The largest absolute Gasteiger partial charge is 0.338 e. The minimum Gasteiger partial charge on any atom is -0.338 e. The smallest absolute Gasteiger partial charge is 0.0599 e. The maximum absolute atomic E-state index is 4.24. The van der Waals surface area contributed by atoms with E-state index >= 15 is 0 Å². The standard InChI is InChI=1S/C20H20N2/c1-16(2)22(20-9-6-14-21-15-20)19-12-10-18(11-13-19)17-7-4-3-5-8-17/h3-16H,1-2H3. The van der Waals surface area contributed by atoms with Crippen LogP contribution in [0.3, 0.4) is 0 Å². The van der Waals surface area contributed by atoms with E-state index in [1.807, 2.05) is 18.3 Å². The van der Waals surface area contributed by atoms with E-state index in [2.05, 4.69) is 78.3 Å². The van der Waals surface area contributed by atoms with Gasteiger partial charge in [0.05, 0.1) is 11.9 Å². The normalized spacial score (nSPS) is 10.7. The van der Waals surface area contributed by atoms with Gasteiger partial charge in [-0.2, -0.15) is 0 Å². The Labute approximate surface area is 132 Å². The molecule has 3 aromatic rings. The van der Waals surface area contributed by atoms with Crippen LogP contribution >= 0.6 is 0 Å². The first-order valence-corrected chi connectivity index (χ1v) is 7.60. The lowest BCUT2D eigenvalue weighted by atomic mass is 10.0. The Balaban J connectivity index is 1.94. The molecule has 0 atom stereocenters. The summed E-state index contributed by atoms with van der Waals surface area (Å²) >= 11 is 0. The fraction of sp³-hybridized carbons (Fsp3) is 0.150. The highest BCUT2D eigenvalue weighted by Gasteiger charge is 2.13. The Kier molecular flexibility index (Phi) is 4.19. The third kappa shape index (κ3) is 3.01. The molecular formula is C20H20N2. The van der Waals surface area contributed by atoms with Gasteiger partial charge in [0, 0.05) is 17.9 Å². The maximum Gasteiger partial charge on any atom is 0.0599 e. The van der Waals surface area contributed by atoms with Crippen LogP contribution in [0.5, 0.6) is 0 Å². The van der Waals surface area contributed by atoms with Crippen molar-refractivity contribution in [3.8, 4) is 11.1 Å². The average molecular weight is 288 g/mol. The highest BCUT2D eigenvalue weighted by Crippen LogP contribution is 2.29. The molecule has 0 fully saturated rings. The molecule has 2 nitrogen and oxygen atoms in total. The zero-order valence-electron chi connectivity index (χ0n) is 13.0. The van der Waals surface area contributed by atoms with Crippen molar-refractivity contribution >= 4 is 11.4 Å². The molecular weight excluding hydrogens is 268 g/mol. The molecule has 2 aromatic carbocycles.